The van der Waals surface area contributed by atoms with Gasteiger partial charge >= 0.3 is 5.97 Å². The van der Waals surface area contributed by atoms with Crippen molar-refractivity contribution < 1.29 is 9.90 Å². The molecule has 4 rings (SSSR count). The molecule has 0 aliphatic rings. The summed E-state index contributed by atoms with van der Waals surface area (Å²) in [5.41, 5.74) is 3.84. The summed E-state index contributed by atoms with van der Waals surface area (Å²) in [4.78, 5) is 26.9. The van der Waals surface area contributed by atoms with E-state index in [4.69, 9.17) is 5.11 Å². The maximum atomic E-state index is 11.1. The van der Waals surface area contributed by atoms with Crippen LogP contribution in [0.4, 0.5) is 11.5 Å². The first-order valence-electron chi connectivity index (χ1n) is 7.49. The van der Waals surface area contributed by atoms with Crippen molar-refractivity contribution in [1.29, 1.82) is 0 Å². The standard InChI is InChI=1S/C18H13N5O2/c1-10(18(24)25)11-2-4-13-15(6-11)20-9-22-17(13)23-12-3-5-14-16(7-12)21-8-19-14/h2-9H,1H2,(H,19,21)(H,24,25)(H,20,22,23). The van der Waals surface area contributed by atoms with Crippen molar-refractivity contribution in [2.75, 3.05) is 5.32 Å². The third-order valence-electron chi connectivity index (χ3n) is 3.93. The lowest BCUT2D eigenvalue weighted by Gasteiger charge is -2.09. The second-order valence-electron chi connectivity index (χ2n) is 5.50. The zero-order valence-electron chi connectivity index (χ0n) is 13.0. The van der Waals surface area contributed by atoms with Crippen molar-refractivity contribution in [2.24, 2.45) is 0 Å². The van der Waals surface area contributed by atoms with Crippen molar-refractivity contribution in [3.63, 3.8) is 0 Å². The number of carboxylic acid groups (broad SMARTS) is 1. The molecule has 3 N–H and O–H groups in total. The fourth-order valence-corrected chi connectivity index (χ4v) is 2.62. The molecule has 0 radical (unpaired) electrons. The Morgan fingerprint density at radius 3 is 2.80 bits per heavy atom. The molecule has 0 amide bonds. The van der Waals surface area contributed by atoms with Gasteiger partial charge in [0.2, 0.25) is 0 Å². The molecule has 0 unspecified atom stereocenters. The normalized spacial score (nSPS) is 10.9. The highest BCUT2D eigenvalue weighted by atomic mass is 16.4. The van der Waals surface area contributed by atoms with Crippen LogP contribution in [0.1, 0.15) is 5.56 Å². The van der Waals surface area contributed by atoms with Crippen molar-refractivity contribution in [3.8, 4) is 0 Å². The van der Waals surface area contributed by atoms with Crippen LogP contribution in [0.2, 0.25) is 0 Å². The molecule has 7 nitrogen and oxygen atoms in total. The average molecular weight is 331 g/mol. The van der Waals surface area contributed by atoms with E-state index in [1.807, 2.05) is 18.2 Å². The van der Waals surface area contributed by atoms with Gasteiger partial charge < -0.3 is 15.4 Å². The topological polar surface area (TPSA) is 104 Å². The number of aromatic nitrogens is 4. The fourth-order valence-electron chi connectivity index (χ4n) is 2.62. The van der Waals surface area contributed by atoms with E-state index in [0.717, 1.165) is 22.1 Å². The molecule has 0 saturated heterocycles. The molecule has 0 aliphatic carbocycles. The van der Waals surface area contributed by atoms with Gasteiger partial charge in [0.25, 0.3) is 0 Å². The minimum atomic E-state index is -1.06. The number of imidazole rings is 1. The predicted octanol–water partition coefficient (Wildman–Crippen LogP) is 3.35. The third-order valence-corrected chi connectivity index (χ3v) is 3.93. The van der Waals surface area contributed by atoms with E-state index in [2.05, 4.69) is 31.8 Å². The lowest BCUT2D eigenvalue weighted by molar-refractivity contribution is -0.130. The molecule has 122 valence electrons. The Morgan fingerprint density at radius 1 is 1.08 bits per heavy atom. The van der Waals surface area contributed by atoms with Gasteiger partial charge in [0.05, 0.1) is 28.5 Å². The molecule has 0 aliphatic heterocycles. The number of hydrogen-bond donors (Lipinski definition) is 3. The number of aliphatic carboxylic acids is 1. The molecule has 0 fully saturated rings. The van der Waals surface area contributed by atoms with Gasteiger partial charge in [-0.3, -0.25) is 0 Å². The van der Waals surface area contributed by atoms with Crippen LogP contribution in [0, 0.1) is 0 Å². The van der Waals surface area contributed by atoms with Gasteiger partial charge in [-0.25, -0.2) is 19.7 Å². The Morgan fingerprint density at radius 2 is 1.96 bits per heavy atom. The average Bonchev–Trinajstić information content (AvgIpc) is 3.08. The van der Waals surface area contributed by atoms with E-state index < -0.39 is 5.97 Å². The van der Waals surface area contributed by atoms with Gasteiger partial charge in [0.1, 0.15) is 12.1 Å². The molecule has 2 aromatic carbocycles. The van der Waals surface area contributed by atoms with Crippen LogP contribution < -0.4 is 5.32 Å². The summed E-state index contributed by atoms with van der Waals surface area (Å²) in [5.74, 6) is -0.420. The number of fused-ring (bicyclic) bond motifs is 2. The first kappa shape index (κ1) is 14.8. The maximum absolute atomic E-state index is 11.1. The second kappa shape index (κ2) is 5.72. The number of carboxylic acids is 1. The largest absolute Gasteiger partial charge is 0.478 e. The van der Waals surface area contributed by atoms with Gasteiger partial charge in [0.15, 0.2) is 0 Å². The molecule has 4 aromatic rings. The van der Waals surface area contributed by atoms with Gasteiger partial charge in [-0.15, -0.1) is 0 Å². The van der Waals surface area contributed by atoms with Crippen LogP contribution >= 0.6 is 0 Å². The van der Waals surface area contributed by atoms with E-state index in [1.165, 1.54) is 6.33 Å². The monoisotopic (exact) mass is 331 g/mol. The van der Waals surface area contributed by atoms with Gasteiger partial charge in [-0.2, -0.15) is 0 Å². The van der Waals surface area contributed by atoms with Gasteiger partial charge in [-0.05, 0) is 35.9 Å². The van der Waals surface area contributed by atoms with E-state index >= 15 is 0 Å². The quantitative estimate of drug-likeness (QED) is 0.495. The molecule has 7 heteroatoms. The summed E-state index contributed by atoms with van der Waals surface area (Å²) in [7, 11) is 0. The summed E-state index contributed by atoms with van der Waals surface area (Å²) < 4.78 is 0. The smallest absolute Gasteiger partial charge is 0.335 e. The maximum Gasteiger partial charge on any atom is 0.335 e. The molecule has 0 saturated carbocycles. The van der Waals surface area contributed by atoms with Crippen LogP contribution in [0.15, 0.2) is 55.6 Å². The van der Waals surface area contributed by atoms with Crippen molar-refractivity contribution in [2.45, 2.75) is 0 Å². The Labute approximate surface area is 142 Å². The number of nitrogens with zero attached hydrogens (tertiary/aromatic N) is 3. The molecule has 2 aromatic heterocycles. The van der Waals surface area contributed by atoms with Crippen LogP contribution in [0.5, 0.6) is 0 Å². The number of hydrogen-bond acceptors (Lipinski definition) is 5. The molecule has 25 heavy (non-hydrogen) atoms. The lowest BCUT2D eigenvalue weighted by atomic mass is 10.1. The Kier molecular flexibility index (Phi) is 3.39. The number of carbonyl (C=O) groups is 1. The highest BCUT2D eigenvalue weighted by Crippen LogP contribution is 2.26. The van der Waals surface area contributed by atoms with E-state index in [-0.39, 0.29) is 5.57 Å². The zero-order chi connectivity index (χ0) is 17.4. The summed E-state index contributed by atoms with van der Waals surface area (Å²) >= 11 is 0. The van der Waals surface area contributed by atoms with Crippen molar-refractivity contribution in [3.05, 3.63) is 61.2 Å². The summed E-state index contributed by atoms with van der Waals surface area (Å²) in [6.45, 7) is 3.58. The minimum Gasteiger partial charge on any atom is -0.478 e. The van der Waals surface area contributed by atoms with Crippen LogP contribution in [-0.4, -0.2) is 31.0 Å². The Balaban J connectivity index is 1.74. The van der Waals surface area contributed by atoms with Crippen LogP contribution in [-0.2, 0) is 4.79 Å². The third kappa shape index (κ3) is 2.67. The second-order valence-corrected chi connectivity index (χ2v) is 5.50. The number of benzene rings is 2. The first-order valence-corrected chi connectivity index (χ1v) is 7.49. The van der Waals surface area contributed by atoms with E-state index in [0.29, 0.717) is 16.9 Å². The Hall–Kier alpha value is -3.74. The zero-order valence-corrected chi connectivity index (χ0v) is 13.0. The number of nitrogens with one attached hydrogen (secondary N) is 2. The minimum absolute atomic E-state index is 0.0275. The number of rotatable bonds is 4. The molecular weight excluding hydrogens is 318 g/mol. The lowest BCUT2D eigenvalue weighted by Crippen LogP contribution is -1.99. The number of aromatic amines is 1. The number of H-pyrrole nitrogens is 1. The van der Waals surface area contributed by atoms with Gasteiger partial charge in [0, 0.05) is 11.1 Å². The van der Waals surface area contributed by atoms with Crippen LogP contribution in [0.25, 0.3) is 27.5 Å². The molecule has 0 bridgehead atoms. The van der Waals surface area contributed by atoms with Gasteiger partial charge in [-0.1, -0.05) is 12.6 Å². The molecule has 0 spiro atoms. The van der Waals surface area contributed by atoms with Crippen LogP contribution in [0.3, 0.4) is 0 Å². The molecule has 2 heterocycles. The first-order chi connectivity index (χ1) is 12.1. The van der Waals surface area contributed by atoms with Crippen molar-refractivity contribution >= 4 is 45.0 Å². The predicted molar refractivity (Wildman–Crippen MR) is 95.6 cm³/mol. The number of anilines is 2. The van der Waals surface area contributed by atoms with E-state index in [1.54, 1.807) is 24.5 Å². The fraction of sp³-hybridized carbons (Fsp3) is 0. The highest BCUT2D eigenvalue weighted by Gasteiger charge is 2.10. The SMILES string of the molecule is C=C(C(=O)O)c1ccc2c(Nc3ccc4nc[nH]c4c3)ncnc2c1. The summed E-state index contributed by atoms with van der Waals surface area (Å²) in [6, 6.07) is 10.9. The molecule has 0 atom stereocenters. The molecular formula is C18H13N5O2. The summed E-state index contributed by atoms with van der Waals surface area (Å²) in [5, 5.41) is 13.1. The summed E-state index contributed by atoms with van der Waals surface area (Å²) in [6.07, 6.45) is 3.08. The highest BCUT2D eigenvalue weighted by molar-refractivity contribution is 6.15. The van der Waals surface area contributed by atoms with Crippen molar-refractivity contribution in [1.82, 2.24) is 19.9 Å². The van der Waals surface area contributed by atoms with E-state index in [9.17, 15) is 4.79 Å². The Bertz CT molecular complexity index is 1130.